The maximum absolute atomic E-state index is 10.8. The van der Waals surface area contributed by atoms with Gasteiger partial charge in [0.1, 0.15) is 5.82 Å². The first-order chi connectivity index (χ1) is 6.79. The molecule has 2 N–H and O–H groups in total. The third kappa shape index (κ3) is 3.40. The summed E-state index contributed by atoms with van der Waals surface area (Å²) < 4.78 is 0. The van der Waals surface area contributed by atoms with Gasteiger partial charge in [0.2, 0.25) is 0 Å². The van der Waals surface area contributed by atoms with Crippen molar-refractivity contribution in [2.45, 2.75) is 26.3 Å². The van der Waals surface area contributed by atoms with Gasteiger partial charge >= 0.3 is 5.97 Å². The number of hydrogen-bond donors (Lipinski definition) is 2. The van der Waals surface area contributed by atoms with Crippen LogP contribution >= 0.6 is 11.6 Å². The number of aromatic nitrogens is 1. The molecular weight excluding hydrogens is 216 g/mol. The van der Waals surface area contributed by atoms with Crippen LogP contribution in [0.25, 0.3) is 0 Å². The summed E-state index contributed by atoms with van der Waals surface area (Å²) in [4.78, 5) is 14.7. The van der Waals surface area contributed by atoms with Crippen LogP contribution in [0.5, 0.6) is 0 Å². The largest absolute Gasteiger partial charge is 0.476 e. The van der Waals surface area contributed by atoms with Crippen LogP contribution in [-0.4, -0.2) is 21.6 Å². The monoisotopic (exact) mass is 228 g/mol. The fraction of sp³-hybridized carbons (Fsp3) is 0.400. The number of carboxylic acids is 1. The quantitative estimate of drug-likeness (QED) is 0.817. The van der Waals surface area contributed by atoms with E-state index in [1.165, 1.54) is 6.07 Å². The first-order valence-corrected chi connectivity index (χ1v) is 4.85. The molecule has 0 saturated heterocycles. The molecule has 0 aliphatic carbocycles. The zero-order chi connectivity index (χ0) is 11.6. The summed E-state index contributed by atoms with van der Waals surface area (Å²) in [6, 6.07) is 3.17. The van der Waals surface area contributed by atoms with Crippen molar-refractivity contribution in [3.63, 3.8) is 0 Å². The Morgan fingerprint density at radius 2 is 2.07 bits per heavy atom. The van der Waals surface area contributed by atoms with Gasteiger partial charge in [-0.25, -0.2) is 9.78 Å². The molecule has 0 aromatic carbocycles. The Bertz CT molecular complexity index is 385. The van der Waals surface area contributed by atoms with E-state index in [2.05, 4.69) is 10.3 Å². The first-order valence-electron chi connectivity index (χ1n) is 4.47. The van der Waals surface area contributed by atoms with Gasteiger partial charge in [-0.3, -0.25) is 0 Å². The van der Waals surface area contributed by atoms with E-state index in [9.17, 15) is 4.79 Å². The second-order valence-electron chi connectivity index (χ2n) is 4.21. The highest BCUT2D eigenvalue weighted by atomic mass is 35.5. The Morgan fingerprint density at radius 1 is 1.47 bits per heavy atom. The molecule has 1 rings (SSSR count). The van der Waals surface area contributed by atoms with Gasteiger partial charge in [-0.15, -0.1) is 0 Å². The van der Waals surface area contributed by atoms with Gasteiger partial charge in [0.05, 0.1) is 5.02 Å². The lowest BCUT2D eigenvalue weighted by molar-refractivity contribution is 0.0691. The molecule has 5 heteroatoms. The minimum atomic E-state index is -1.13. The highest BCUT2D eigenvalue weighted by molar-refractivity contribution is 6.33. The van der Waals surface area contributed by atoms with Crippen LogP contribution in [0.15, 0.2) is 12.1 Å². The van der Waals surface area contributed by atoms with Gasteiger partial charge in [-0.05, 0) is 32.9 Å². The summed E-state index contributed by atoms with van der Waals surface area (Å²) in [6.07, 6.45) is 0. The Kier molecular flexibility index (Phi) is 3.19. The fourth-order valence-electron chi connectivity index (χ4n) is 1.05. The van der Waals surface area contributed by atoms with Crippen molar-refractivity contribution in [3.05, 3.63) is 22.8 Å². The summed E-state index contributed by atoms with van der Waals surface area (Å²) in [5.41, 5.74) is -0.303. The summed E-state index contributed by atoms with van der Waals surface area (Å²) in [5, 5.41) is 12.0. The summed E-state index contributed by atoms with van der Waals surface area (Å²) in [5.74, 6) is -0.623. The molecule has 0 saturated carbocycles. The number of aromatic carboxylic acids is 1. The molecule has 0 atom stereocenters. The lowest BCUT2D eigenvalue weighted by Crippen LogP contribution is -2.27. The van der Waals surface area contributed by atoms with E-state index < -0.39 is 5.97 Å². The normalized spacial score (nSPS) is 11.2. The van der Waals surface area contributed by atoms with Gasteiger partial charge in [-0.2, -0.15) is 0 Å². The molecule has 0 unspecified atom stereocenters. The van der Waals surface area contributed by atoms with Crippen molar-refractivity contribution in [3.8, 4) is 0 Å². The van der Waals surface area contributed by atoms with Crippen LogP contribution in [-0.2, 0) is 0 Å². The van der Waals surface area contributed by atoms with Crippen molar-refractivity contribution in [2.24, 2.45) is 0 Å². The van der Waals surface area contributed by atoms with Crippen LogP contribution < -0.4 is 5.32 Å². The van der Waals surface area contributed by atoms with Crippen molar-refractivity contribution in [2.75, 3.05) is 5.32 Å². The topological polar surface area (TPSA) is 62.2 Å². The Labute approximate surface area is 93.3 Å². The highest BCUT2D eigenvalue weighted by Crippen LogP contribution is 2.18. The number of anilines is 1. The van der Waals surface area contributed by atoms with Gasteiger partial charge in [0.25, 0.3) is 0 Å². The van der Waals surface area contributed by atoms with Crippen molar-refractivity contribution in [1.29, 1.82) is 0 Å². The molecule has 1 aromatic heterocycles. The van der Waals surface area contributed by atoms with E-state index in [1.54, 1.807) is 6.07 Å². The van der Waals surface area contributed by atoms with E-state index in [4.69, 9.17) is 16.7 Å². The number of rotatable bonds is 2. The SMILES string of the molecule is CC(C)(C)Nc1ccc(Cl)c(C(=O)O)n1. The van der Waals surface area contributed by atoms with Gasteiger partial charge < -0.3 is 10.4 Å². The maximum atomic E-state index is 10.8. The Balaban J connectivity index is 3.03. The molecule has 82 valence electrons. The fourth-order valence-corrected chi connectivity index (χ4v) is 1.23. The third-order valence-corrected chi connectivity index (χ3v) is 1.86. The molecule has 0 bridgehead atoms. The molecule has 4 nitrogen and oxygen atoms in total. The van der Waals surface area contributed by atoms with Crippen LogP contribution in [0.3, 0.4) is 0 Å². The minimum Gasteiger partial charge on any atom is -0.476 e. The average molecular weight is 229 g/mol. The summed E-state index contributed by atoms with van der Waals surface area (Å²) in [7, 11) is 0. The van der Waals surface area contributed by atoms with Crippen LogP contribution in [0.4, 0.5) is 5.82 Å². The summed E-state index contributed by atoms with van der Waals surface area (Å²) >= 11 is 5.69. The van der Waals surface area contributed by atoms with Crippen molar-refractivity contribution < 1.29 is 9.90 Å². The standard InChI is InChI=1S/C10H13ClN2O2/c1-10(2,3)13-7-5-4-6(11)8(12-7)9(14)15/h4-5H,1-3H3,(H,12,13)(H,14,15). The smallest absolute Gasteiger partial charge is 0.356 e. The Hall–Kier alpha value is -1.29. The second kappa shape index (κ2) is 4.06. The second-order valence-corrected chi connectivity index (χ2v) is 4.61. The average Bonchev–Trinajstić information content (AvgIpc) is 2.05. The van der Waals surface area contributed by atoms with E-state index in [0.717, 1.165) is 0 Å². The molecule has 1 heterocycles. The number of nitrogens with one attached hydrogen (secondary N) is 1. The zero-order valence-corrected chi connectivity index (χ0v) is 9.59. The third-order valence-electron chi connectivity index (χ3n) is 1.55. The van der Waals surface area contributed by atoms with E-state index in [-0.39, 0.29) is 16.3 Å². The minimum absolute atomic E-state index is 0.133. The Morgan fingerprint density at radius 3 is 2.53 bits per heavy atom. The lowest BCUT2D eigenvalue weighted by atomic mass is 10.1. The van der Waals surface area contributed by atoms with Crippen LogP contribution in [0, 0.1) is 0 Å². The zero-order valence-electron chi connectivity index (χ0n) is 8.84. The molecule has 0 aliphatic heterocycles. The molecule has 1 aromatic rings. The predicted octanol–water partition coefficient (Wildman–Crippen LogP) is 2.64. The number of carboxylic acid groups (broad SMARTS) is 1. The molecule has 0 fully saturated rings. The van der Waals surface area contributed by atoms with Crippen molar-refractivity contribution in [1.82, 2.24) is 4.98 Å². The van der Waals surface area contributed by atoms with Crippen LogP contribution in [0.1, 0.15) is 31.3 Å². The lowest BCUT2D eigenvalue weighted by Gasteiger charge is -2.21. The maximum Gasteiger partial charge on any atom is 0.356 e. The predicted molar refractivity (Wildman–Crippen MR) is 59.6 cm³/mol. The molecule has 0 radical (unpaired) electrons. The van der Waals surface area contributed by atoms with Gasteiger partial charge in [-0.1, -0.05) is 11.6 Å². The molecule has 15 heavy (non-hydrogen) atoms. The van der Waals surface area contributed by atoms with Crippen molar-refractivity contribution >= 4 is 23.4 Å². The van der Waals surface area contributed by atoms with E-state index in [1.807, 2.05) is 20.8 Å². The van der Waals surface area contributed by atoms with E-state index in [0.29, 0.717) is 5.82 Å². The van der Waals surface area contributed by atoms with E-state index >= 15 is 0 Å². The molecular formula is C10H13ClN2O2. The number of hydrogen-bond acceptors (Lipinski definition) is 3. The number of nitrogens with zero attached hydrogens (tertiary/aromatic N) is 1. The van der Waals surface area contributed by atoms with Gasteiger partial charge in [0.15, 0.2) is 5.69 Å². The highest BCUT2D eigenvalue weighted by Gasteiger charge is 2.14. The molecule has 0 amide bonds. The molecule has 0 aliphatic rings. The number of carbonyl (C=O) groups is 1. The molecule has 0 spiro atoms. The van der Waals surface area contributed by atoms with Gasteiger partial charge in [0, 0.05) is 5.54 Å². The number of halogens is 1. The number of pyridine rings is 1. The van der Waals surface area contributed by atoms with Crippen LogP contribution in [0.2, 0.25) is 5.02 Å². The summed E-state index contributed by atoms with van der Waals surface area (Å²) in [6.45, 7) is 5.89. The first kappa shape index (κ1) is 11.8.